The molecule has 6 nitrogen and oxygen atoms in total. The Morgan fingerprint density at radius 1 is 0.946 bits per heavy atom. The van der Waals surface area contributed by atoms with Crippen LogP contribution in [-0.4, -0.2) is 33.0 Å². The first-order valence-corrected chi connectivity index (χ1v) is 13.0. The lowest BCUT2D eigenvalue weighted by Gasteiger charge is -2.23. The van der Waals surface area contributed by atoms with E-state index in [1.54, 1.807) is 21.7 Å². The van der Waals surface area contributed by atoms with E-state index in [-0.39, 0.29) is 23.8 Å². The van der Waals surface area contributed by atoms with Crippen LogP contribution in [0.15, 0.2) is 89.4 Å². The standard InChI is InChI=1S/C30H31BrN4O2/c1-21-13-15-25(16-14-21)35-27(18-26(33-35)30(2,3)4)32-28(36)20-34(19-22-9-6-5-7-10-22)29(37)23-11-8-12-24(31)17-23/h5-18H,19-20H2,1-4H3,(H,32,36). The van der Waals surface area contributed by atoms with Gasteiger partial charge in [-0.15, -0.1) is 0 Å². The minimum Gasteiger partial charge on any atom is -0.325 e. The molecule has 0 aliphatic heterocycles. The third-order valence-electron chi connectivity index (χ3n) is 5.93. The number of nitrogens with zero attached hydrogens (tertiary/aromatic N) is 3. The topological polar surface area (TPSA) is 67.2 Å². The molecule has 0 spiro atoms. The number of anilines is 1. The van der Waals surface area contributed by atoms with E-state index < -0.39 is 0 Å². The van der Waals surface area contributed by atoms with Gasteiger partial charge in [-0.05, 0) is 42.8 Å². The van der Waals surface area contributed by atoms with Crippen LogP contribution in [0, 0.1) is 6.92 Å². The Morgan fingerprint density at radius 2 is 1.65 bits per heavy atom. The molecular formula is C30H31BrN4O2. The average molecular weight is 560 g/mol. The zero-order valence-electron chi connectivity index (χ0n) is 21.5. The minimum absolute atomic E-state index is 0.107. The Bertz CT molecular complexity index is 1390. The molecule has 7 heteroatoms. The number of hydrogen-bond acceptors (Lipinski definition) is 3. The van der Waals surface area contributed by atoms with E-state index in [0.717, 1.165) is 27.0 Å². The quantitative estimate of drug-likeness (QED) is 0.280. The molecule has 1 heterocycles. The Hall–Kier alpha value is -3.71. The Morgan fingerprint density at radius 3 is 2.30 bits per heavy atom. The third-order valence-corrected chi connectivity index (χ3v) is 6.43. The second kappa shape index (κ2) is 11.1. The molecule has 1 N–H and O–H groups in total. The smallest absolute Gasteiger partial charge is 0.254 e. The maximum absolute atomic E-state index is 13.5. The number of aromatic nitrogens is 2. The SMILES string of the molecule is Cc1ccc(-n2nc(C(C)(C)C)cc2NC(=O)CN(Cc2ccccc2)C(=O)c2cccc(Br)c2)cc1. The van der Waals surface area contributed by atoms with Gasteiger partial charge in [0.05, 0.1) is 11.4 Å². The van der Waals surface area contributed by atoms with Gasteiger partial charge in [-0.25, -0.2) is 4.68 Å². The summed E-state index contributed by atoms with van der Waals surface area (Å²) in [6.07, 6.45) is 0. The largest absolute Gasteiger partial charge is 0.325 e. The summed E-state index contributed by atoms with van der Waals surface area (Å²) in [6, 6.07) is 26.7. The number of carbonyl (C=O) groups excluding carboxylic acids is 2. The summed E-state index contributed by atoms with van der Waals surface area (Å²) in [7, 11) is 0. The average Bonchev–Trinajstić information content (AvgIpc) is 3.28. The van der Waals surface area contributed by atoms with Gasteiger partial charge in [0.2, 0.25) is 5.91 Å². The number of amides is 2. The lowest BCUT2D eigenvalue weighted by Crippen LogP contribution is -2.37. The fourth-order valence-electron chi connectivity index (χ4n) is 3.88. The Kier molecular flexibility index (Phi) is 7.93. The summed E-state index contributed by atoms with van der Waals surface area (Å²) in [5.74, 6) is 0.0454. The first kappa shape index (κ1) is 26.4. The van der Waals surface area contributed by atoms with Crippen LogP contribution < -0.4 is 5.32 Å². The van der Waals surface area contributed by atoms with Crippen LogP contribution in [0.5, 0.6) is 0 Å². The van der Waals surface area contributed by atoms with Crippen LogP contribution in [0.25, 0.3) is 5.69 Å². The van der Waals surface area contributed by atoms with Crippen molar-refractivity contribution in [2.75, 3.05) is 11.9 Å². The van der Waals surface area contributed by atoms with Crippen LogP contribution in [0.3, 0.4) is 0 Å². The number of carbonyl (C=O) groups is 2. The highest BCUT2D eigenvalue weighted by atomic mass is 79.9. The fourth-order valence-corrected chi connectivity index (χ4v) is 4.28. The zero-order valence-corrected chi connectivity index (χ0v) is 23.1. The lowest BCUT2D eigenvalue weighted by molar-refractivity contribution is -0.117. The van der Waals surface area contributed by atoms with Crippen molar-refractivity contribution >= 4 is 33.6 Å². The Balaban J connectivity index is 1.62. The highest BCUT2D eigenvalue weighted by Crippen LogP contribution is 2.26. The second-order valence-electron chi connectivity index (χ2n) is 10.1. The third kappa shape index (κ3) is 6.74. The van der Waals surface area contributed by atoms with Crippen molar-refractivity contribution in [2.45, 2.75) is 39.7 Å². The van der Waals surface area contributed by atoms with Gasteiger partial charge in [0, 0.05) is 28.1 Å². The molecular weight excluding hydrogens is 528 g/mol. The van der Waals surface area contributed by atoms with Gasteiger partial charge in [0.1, 0.15) is 12.4 Å². The minimum atomic E-state index is -0.298. The zero-order chi connectivity index (χ0) is 26.6. The van der Waals surface area contributed by atoms with Crippen molar-refractivity contribution in [1.82, 2.24) is 14.7 Å². The summed E-state index contributed by atoms with van der Waals surface area (Å²) in [5.41, 5.74) is 4.10. The van der Waals surface area contributed by atoms with Gasteiger partial charge in [-0.2, -0.15) is 5.10 Å². The summed E-state index contributed by atoms with van der Waals surface area (Å²) >= 11 is 3.43. The van der Waals surface area contributed by atoms with E-state index in [4.69, 9.17) is 5.10 Å². The fraction of sp³-hybridized carbons (Fsp3) is 0.233. The van der Waals surface area contributed by atoms with Gasteiger partial charge >= 0.3 is 0 Å². The Labute approximate surface area is 226 Å². The molecule has 0 unspecified atom stereocenters. The van der Waals surface area contributed by atoms with Crippen molar-refractivity contribution in [1.29, 1.82) is 0 Å². The molecule has 0 radical (unpaired) electrons. The van der Waals surface area contributed by atoms with Crippen LogP contribution in [0.2, 0.25) is 0 Å². The molecule has 4 rings (SSSR count). The monoisotopic (exact) mass is 558 g/mol. The van der Waals surface area contributed by atoms with Crippen LogP contribution in [0.4, 0.5) is 5.82 Å². The number of benzene rings is 3. The van der Waals surface area contributed by atoms with Crippen molar-refractivity contribution in [3.63, 3.8) is 0 Å². The molecule has 0 saturated carbocycles. The highest BCUT2D eigenvalue weighted by molar-refractivity contribution is 9.10. The van der Waals surface area contributed by atoms with Crippen molar-refractivity contribution in [3.8, 4) is 5.69 Å². The van der Waals surface area contributed by atoms with Gasteiger partial charge in [0.25, 0.3) is 5.91 Å². The number of rotatable bonds is 7. The van der Waals surface area contributed by atoms with E-state index in [1.165, 1.54) is 0 Å². The van der Waals surface area contributed by atoms with Gasteiger partial charge in [-0.3, -0.25) is 9.59 Å². The number of nitrogens with one attached hydrogen (secondary N) is 1. The molecule has 1 aromatic heterocycles. The summed E-state index contributed by atoms with van der Waals surface area (Å²) < 4.78 is 2.55. The molecule has 3 aromatic carbocycles. The molecule has 37 heavy (non-hydrogen) atoms. The van der Waals surface area contributed by atoms with Crippen LogP contribution in [-0.2, 0) is 16.8 Å². The van der Waals surface area contributed by atoms with Gasteiger partial charge in [-0.1, -0.05) is 90.8 Å². The molecule has 0 bridgehead atoms. The predicted molar refractivity (Wildman–Crippen MR) is 151 cm³/mol. The number of aryl methyl sites for hydroxylation is 1. The lowest BCUT2D eigenvalue weighted by atomic mass is 9.92. The molecule has 0 saturated heterocycles. The van der Waals surface area contributed by atoms with Crippen molar-refractivity contribution in [2.24, 2.45) is 0 Å². The number of hydrogen-bond donors (Lipinski definition) is 1. The van der Waals surface area contributed by atoms with Gasteiger partial charge in [0.15, 0.2) is 0 Å². The van der Waals surface area contributed by atoms with Crippen molar-refractivity contribution < 1.29 is 9.59 Å². The van der Waals surface area contributed by atoms with Gasteiger partial charge < -0.3 is 10.2 Å². The van der Waals surface area contributed by atoms with E-state index in [9.17, 15) is 9.59 Å². The summed E-state index contributed by atoms with van der Waals surface area (Å²) in [6.45, 7) is 8.48. The first-order valence-electron chi connectivity index (χ1n) is 12.2. The van der Waals surface area contributed by atoms with E-state index in [0.29, 0.717) is 17.9 Å². The highest BCUT2D eigenvalue weighted by Gasteiger charge is 2.24. The molecule has 0 aliphatic rings. The number of halogens is 1. The van der Waals surface area contributed by atoms with Crippen LogP contribution >= 0.6 is 15.9 Å². The summed E-state index contributed by atoms with van der Waals surface area (Å²) in [4.78, 5) is 28.4. The molecule has 0 aliphatic carbocycles. The molecule has 0 atom stereocenters. The summed E-state index contributed by atoms with van der Waals surface area (Å²) in [5, 5.41) is 7.80. The maximum atomic E-state index is 13.5. The first-order chi connectivity index (χ1) is 17.6. The molecule has 190 valence electrons. The molecule has 0 fully saturated rings. The van der Waals surface area contributed by atoms with Crippen molar-refractivity contribution in [3.05, 3.63) is 112 Å². The predicted octanol–water partition coefficient (Wildman–Crippen LogP) is 6.52. The van der Waals surface area contributed by atoms with Crippen LogP contribution in [0.1, 0.15) is 48.0 Å². The van der Waals surface area contributed by atoms with E-state index >= 15 is 0 Å². The normalized spacial score (nSPS) is 11.3. The molecule has 2 amide bonds. The molecule has 4 aromatic rings. The van der Waals surface area contributed by atoms with E-state index in [1.807, 2.05) is 79.7 Å². The maximum Gasteiger partial charge on any atom is 0.254 e. The second-order valence-corrected chi connectivity index (χ2v) is 11.0. The van der Waals surface area contributed by atoms with E-state index in [2.05, 4.69) is 42.0 Å².